The number of nitrogens with zero attached hydrogens (tertiary/aromatic N) is 1. The largest absolute Gasteiger partial charge is 0.315 e. The predicted molar refractivity (Wildman–Crippen MR) is 87.2 cm³/mol. The Kier molecular flexibility index (Phi) is 6.06. The van der Waals surface area contributed by atoms with Crippen LogP contribution in [0, 0.1) is 13.8 Å². The Hall–Kier alpha value is -0.860. The third kappa shape index (κ3) is 4.07. The van der Waals surface area contributed by atoms with E-state index in [1.165, 1.54) is 56.4 Å². The maximum Gasteiger partial charge on any atom is 0.0351 e. The van der Waals surface area contributed by atoms with Crippen LogP contribution in [0.2, 0.25) is 0 Å². The molecule has 112 valence electrons. The van der Waals surface area contributed by atoms with Crippen molar-refractivity contribution in [2.75, 3.05) is 26.2 Å². The minimum Gasteiger partial charge on any atom is -0.315 e. The van der Waals surface area contributed by atoms with Crippen molar-refractivity contribution in [3.05, 3.63) is 34.9 Å². The monoisotopic (exact) mass is 274 g/mol. The molecule has 2 nitrogen and oxygen atoms in total. The first-order chi connectivity index (χ1) is 9.72. The zero-order chi connectivity index (χ0) is 14.4. The molecule has 1 unspecified atom stereocenters. The Bertz CT molecular complexity index is 406. The number of hydrogen-bond acceptors (Lipinski definition) is 2. The maximum atomic E-state index is 3.52. The van der Waals surface area contributed by atoms with Gasteiger partial charge in [0, 0.05) is 25.7 Å². The molecule has 1 saturated heterocycles. The Balaban J connectivity index is 2.20. The summed E-state index contributed by atoms with van der Waals surface area (Å²) in [5, 5.41) is 3.52. The van der Waals surface area contributed by atoms with E-state index in [-0.39, 0.29) is 0 Å². The number of aryl methyl sites for hydroxylation is 2. The molecule has 0 aliphatic carbocycles. The minimum absolute atomic E-state index is 0.607. The molecule has 1 atom stereocenters. The van der Waals surface area contributed by atoms with Gasteiger partial charge >= 0.3 is 0 Å². The van der Waals surface area contributed by atoms with Crippen LogP contribution in [0.3, 0.4) is 0 Å². The molecule has 1 aliphatic heterocycles. The molecule has 2 rings (SSSR count). The van der Waals surface area contributed by atoms with Crippen molar-refractivity contribution in [2.45, 2.75) is 52.5 Å². The SMILES string of the molecule is CCCCC(c1ccc(C)cc1C)N1CCCNCC1. The zero-order valence-corrected chi connectivity index (χ0v) is 13.4. The Morgan fingerprint density at radius 2 is 2.05 bits per heavy atom. The van der Waals surface area contributed by atoms with Crippen LogP contribution in [-0.4, -0.2) is 31.1 Å². The molecule has 1 heterocycles. The average Bonchev–Trinajstić information content (AvgIpc) is 2.70. The van der Waals surface area contributed by atoms with Crippen LogP contribution in [-0.2, 0) is 0 Å². The summed E-state index contributed by atoms with van der Waals surface area (Å²) in [4.78, 5) is 2.70. The van der Waals surface area contributed by atoms with E-state index in [4.69, 9.17) is 0 Å². The number of hydrogen-bond donors (Lipinski definition) is 1. The molecule has 1 N–H and O–H groups in total. The molecule has 1 aliphatic rings. The number of nitrogens with one attached hydrogen (secondary N) is 1. The van der Waals surface area contributed by atoms with Gasteiger partial charge in [0.05, 0.1) is 0 Å². The lowest BCUT2D eigenvalue weighted by molar-refractivity contribution is 0.196. The third-order valence-corrected chi connectivity index (χ3v) is 4.43. The summed E-state index contributed by atoms with van der Waals surface area (Å²) in [7, 11) is 0. The van der Waals surface area contributed by atoms with Crippen LogP contribution in [0.4, 0.5) is 0 Å². The van der Waals surface area contributed by atoms with Crippen LogP contribution in [0.25, 0.3) is 0 Å². The molecule has 20 heavy (non-hydrogen) atoms. The van der Waals surface area contributed by atoms with E-state index in [2.05, 4.69) is 49.2 Å². The van der Waals surface area contributed by atoms with E-state index < -0.39 is 0 Å². The first-order valence-corrected chi connectivity index (χ1v) is 8.24. The number of benzene rings is 1. The van der Waals surface area contributed by atoms with Crippen molar-refractivity contribution < 1.29 is 0 Å². The molecule has 1 fully saturated rings. The molecule has 2 heteroatoms. The van der Waals surface area contributed by atoms with Gasteiger partial charge in [0.1, 0.15) is 0 Å². The Morgan fingerprint density at radius 3 is 2.80 bits per heavy atom. The fourth-order valence-corrected chi connectivity index (χ4v) is 3.31. The van der Waals surface area contributed by atoms with E-state index in [1.807, 2.05) is 0 Å². The van der Waals surface area contributed by atoms with Gasteiger partial charge in [-0.15, -0.1) is 0 Å². The maximum absolute atomic E-state index is 3.52. The first-order valence-electron chi connectivity index (χ1n) is 8.24. The van der Waals surface area contributed by atoms with E-state index in [0.29, 0.717) is 6.04 Å². The molecule has 0 radical (unpaired) electrons. The average molecular weight is 274 g/mol. The van der Waals surface area contributed by atoms with Gasteiger partial charge in [0.2, 0.25) is 0 Å². The second kappa shape index (κ2) is 7.80. The van der Waals surface area contributed by atoms with Crippen LogP contribution in [0.15, 0.2) is 18.2 Å². The van der Waals surface area contributed by atoms with Crippen LogP contribution in [0.1, 0.15) is 55.3 Å². The van der Waals surface area contributed by atoms with E-state index in [1.54, 1.807) is 5.56 Å². The summed E-state index contributed by atoms with van der Waals surface area (Å²) in [6, 6.07) is 7.58. The highest BCUT2D eigenvalue weighted by molar-refractivity contribution is 5.33. The van der Waals surface area contributed by atoms with Crippen LogP contribution < -0.4 is 5.32 Å². The second-order valence-corrected chi connectivity index (χ2v) is 6.16. The molecular weight excluding hydrogens is 244 g/mol. The molecule has 1 aromatic rings. The van der Waals surface area contributed by atoms with Crippen molar-refractivity contribution in [1.29, 1.82) is 0 Å². The van der Waals surface area contributed by atoms with E-state index in [9.17, 15) is 0 Å². The summed E-state index contributed by atoms with van der Waals surface area (Å²) < 4.78 is 0. The van der Waals surface area contributed by atoms with Gasteiger partial charge in [-0.3, -0.25) is 4.90 Å². The fraction of sp³-hybridized carbons (Fsp3) is 0.667. The summed E-state index contributed by atoms with van der Waals surface area (Å²) in [6.45, 7) is 11.5. The number of unbranched alkanes of at least 4 members (excludes halogenated alkanes) is 1. The summed E-state index contributed by atoms with van der Waals surface area (Å²) in [5.74, 6) is 0. The van der Waals surface area contributed by atoms with Crippen molar-refractivity contribution in [2.24, 2.45) is 0 Å². The molecule has 0 bridgehead atoms. The Morgan fingerprint density at radius 1 is 1.20 bits per heavy atom. The molecule has 0 saturated carbocycles. The second-order valence-electron chi connectivity index (χ2n) is 6.16. The van der Waals surface area contributed by atoms with Crippen LogP contribution in [0.5, 0.6) is 0 Å². The molecular formula is C18H30N2. The third-order valence-electron chi connectivity index (χ3n) is 4.43. The van der Waals surface area contributed by atoms with Gasteiger partial charge in [-0.2, -0.15) is 0 Å². The minimum atomic E-state index is 0.607. The summed E-state index contributed by atoms with van der Waals surface area (Å²) in [6.07, 6.45) is 5.17. The lowest BCUT2D eigenvalue weighted by Gasteiger charge is -2.32. The highest BCUT2D eigenvalue weighted by Gasteiger charge is 2.22. The lowest BCUT2D eigenvalue weighted by atomic mass is 9.94. The molecule has 1 aromatic carbocycles. The van der Waals surface area contributed by atoms with Gasteiger partial charge in [0.15, 0.2) is 0 Å². The van der Waals surface area contributed by atoms with E-state index in [0.717, 1.165) is 6.54 Å². The highest BCUT2D eigenvalue weighted by atomic mass is 15.2. The quantitative estimate of drug-likeness (QED) is 0.878. The Labute approximate surface area is 124 Å². The van der Waals surface area contributed by atoms with Crippen molar-refractivity contribution >= 4 is 0 Å². The lowest BCUT2D eigenvalue weighted by Crippen LogP contribution is -2.32. The van der Waals surface area contributed by atoms with Gasteiger partial charge in [0.25, 0.3) is 0 Å². The van der Waals surface area contributed by atoms with Gasteiger partial charge in [-0.1, -0.05) is 43.5 Å². The fourth-order valence-electron chi connectivity index (χ4n) is 3.31. The van der Waals surface area contributed by atoms with Crippen LogP contribution >= 0.6 is 0 Å². The summed E-state index contributed by atoms with van der Waals surface area (Å²) in [5.41, 5.74) is 4.38. The molecule has 0 amide bonds. The van der Waals surface area contributed by atoms with Gasteiger partial charge < -0.3 is 5.32 Å². The smallest absolute Gasteiger partial charge is 0.0351 e. The van der Waals surface area contributed by atoms with Gasteiger partial charge in [-0.05, 0) is 44.4 Å². The zero-order valence-electron chi connectivity index (χ0n) is 13.4. The van der Waals surface area contributed by atoms with Crippen molar-refractivity contribution in [3.63, 3.8) is 0 Å². The summed E-state index contributed by atoms with van der Waals surface area (Å²) >= 11 is 0. The predicted octanol–water partition coefficient (Wildman–Crippen LogP) is 3.83. The van der Waals surface area contributed by atoms with Gasteiger partial charge in [-0.25, -0.2) is 0 Å². The molecule has 0 aromatic heterocycles. The van der Waals surface area contributed by atoms with Crippen molar-refractivity contribution in [3.8, 4) is 0 Å². The first kappa shape index (κ1) is 15.5. The normalized spacial score (nSPS) is 18.8. The number of rotatable bonds is 5. The standard InChI is InChI=1S/C18H30N2/c1-4-5-7-18(20-12-6-10-19-11-13-20)17-9-8-15(2)14-16(17)3/h8-9,14,18-19H,4-7,10-13H2,1-3H3. The molecule has 0 spiro atoms. The van der Waals surface area contributed by atoms with E-state index >= 15 is 0 Å². The highest BCUT2D eigenvalue weighted by Crippen LogP contribution is 2.29. The van der Waals surface area contributed by atoms with Crippen molar-refractivity contribution in [1.82, 2.24) is 10.2 Å². The topological polar surface area (TPSA) is 15.3 Å².